The molecule has 150 valence electrons. The number of fused-ring (bicyclic) bond motifs is 1. The highest BCUT2D eigenvalue weighted by Gasteiger charge is 2.33. The van der Waals surface area contributed by atoms with Crippen LogP contribution in [-0.2, 0) is 4.79 Å². The Morgan fingerprint density at radius 3 is 2.69 bits per heavy atom. The summed E-state index contributed by atoms with van der Waals surface area (Å²) in [6.07, 6.45) is 1.63. The van der Waals surface area contributed by atoms with Crippen LogP contribution in [0, 0.1) is 11.3 Å². The lowest BCUT2D eigenvalue weighted by molar-refractivity contribution is -0.133. The van der Waals surface area contributed by atoms with E-state index in [1.807, 2.05) is 36.9 Å². The molecule has 8 heteroatoms. The molecule has 0 spiro atoms. The van der Waals surface area contributed by atoms with Gasteiger partial charge in [0.1, 0.15) is 17.7 Å². The monoisotopic (exact) mass is 410 g/mol. The van der Waals surface area contributed by atoms with Gasteiger partial charge in [0.05, 0.1) is 16.3 Å². The van der Waals surface area contributed by atoms with E-state index in [9.17, 15) is 10.1 Å². The van der Waals surface area contributed by atoms with Gasteiger partial charge < -0.3 is 15.1 Å². The molecule has 7 nitrogen and oxygen atoms in total. The topological polar surface area (TPSA) is 85.2 Å². The van der Waals surface area contributed by atoms with E-state index in [0.717, 1.165) is 17.1 Å². The molecule has 4 rings (SSSR count). The number of nitrogens with one attached hydrogen (secondary N) is 1. The molecule has 1 unspecified atom stereocenters. The van der Waals surface area contributed by atoms with Crippen molar-refractivity contribution in [3.63, 3.8) is 0 Å². The number of carbonyl (C=O) groups is 1. The first kappa shape index (κ1) is 19.5. The molecule has 3 atom stereocenters. The van der Waals surface area contributed by atoms with Crippen LogP contribution in [0.15, 0.2) is 24.4 Å². The van der Waals surface area contributed by atoms with Gasteiger partial charge in [-0.3, -0.25) is 4.79 Å². The zero-order valence-electron chi connectivity index (χ0n) is 16.7. The van der Waals surface area contributed by atoms with Crippen molar-refractivity contribution in [2.24, 2.45) is 0 Å². The Kier molecular flexibility index (Phi) is 5.05. The number of carbonyl (C=O) groups excluding carboxylic acids is 1. The van der Waals surface area contributed by atoms with Crippen LogP contribution in [0.25, 0.3) is 0 Å². The van der Waals surface area contributed by atoms with E-state index in [4.69, 9.17) is 16.6 Å². The molecule has 1 N–H and O–H groups in total. The summed E-state index contributed by atoms with van der Waals surface area (Å²) in [4.78, 5) is 25.3. The van der Waals surface area contributed by atoms with Gasteiger partial charge in [0.25, 0.3) is 0 Å². The number of hydrogen-bond acceptors (Lipinski definition) is 6. The predicted molar refractivity (Wildman–Crippen MR) is 112 cm³/mol. The second kappa shape index (κ2) is 7.53. The average molecular weight is 411 g/mol. The lowest BCUT2D eigenvalue weighted by atomic mass is 9.98. The number of anilines is 2. The highest BCUT2D eigenvalue weighted by molar-refractivity contribution is 6.30. The van der Waals surface area contributed by atoms with Crippen LogP contribution in [0.1, 0.15) is 43.5 Å². The van der Waals surface area contributed by atoms with Crippen molar-refractivity contribution in [3.05, 3.63) is 46.2 Å². The maximum atomic E-state index is 12.0. The highest BCUT2D eigenvalue weighted by atomic mass is 35.5. The highest BCUT2D eigenvalue weighted by Crippen LogP contribution is 2.36. The summed E-state index contributed by atoms with van der Waals surface area (Å²) in [6, 6.07) is 8.02. The van der Waals surface area contributed by atoms with Crippen molar-refractivity contribution in [2.45, 2.75) is 38.8 Å². The Morgan fingerprint density at radius 1 is 1.31 bits per heavy atom. The minimum Gasteiger partial charge on any atom is -0.369 e. The maximum Gasteiger partial charge on any atom is 0.220 e. The van der Waals surface area contributed by atoms with Crippen molar-refractivity contribution in [1.82, 2.24) is 14.9 Å². The molecule has 29 heavy (non-hydrogen) atoms. The van der Waals surface area contributed by atoms with E-state index in [0.29, 0.717) is 36.0 Å². The second-order valence-corrected chi connectivity index (χ2v) is 8.21. The van der Waals surface area contributed by atoms with Crippen molar-refractivity contribution in [3.8, 4) is 6.07 Å². The quantitative estimate of drug-likeness (QED) is 0.819. The van der Waals surface area contributed by atoms with E-state index in [2.05, 4.69) is 21.3 Å². The predicted octanol–water partition coefficient (Wildman–Crippen LogP) is 3.00. The Morgan fingerprint density at radius 2 is 2.03 bits per heavy atom. The third-order valence-corrected chi connectivity index (χ3v) is 5.90. The number of aromatic nitrogens is 2. The van der Waals surface area contributed by atoms with Crippen LogP contribution in [0.4, 0.5) is 11.6 Å². The van der Waals surface area contributed by atoms with Crippen LogP contribution in [0.3, 0.4) is 0 Å². The molecule has 0 aliphatic carbocycles. The summed E-state index contributed by atoms with van der Waals surface area (Å²) >= 11 is 6.15. The number of halogens is 1. The van der Waals surface area contributed by atoms with Gasteiger partial charge in [-0.2, -0.15) is 5.26 Å². The van der Waals surface area contributed by atoms with E-state index < -0.39 is 0 Å². The van der Waals surface area contributed by atoms with Crippen molar-refractivity contribution < 1.29 is 4.79 Å². The lowest BCUT2D eigenvalue weighted by Crippen LogP contribution is -2.58. The number of nitrogens with zero attached hydrogens (tertiary/aromatic N) is 5. The SMILES string of the molecule is CC(=O)N1[C@H](C)CN(c2nc(C3CNc4ncc(Cl)cc43)ccc2C#N)C[C@@H]1C. The van der Waals surface area contributed by atoms with Crippen molar-refractivity contribution in [2.75, 3.05) is 29.9 Å². The van der Waals surface area contributed by atoms with Crippen LogP contribution in [0.5, 0.6) is 0 Å². The van der Waals surface area contributed by atoms with Gasteiger partial charge in [-0.1, -0.05) is 11.6 Å². The van der Waals surface area contributed by atoms with Gasteiger partial charge in [-0.05, 0) is 32.0 Å². The fourth-order valence-corrected chi connectivity index (χ4v) is 4.71. The van der Waals surface area contributed by atoms with Crippen LogP contribution in [0.2, 0.25) is 5.02 Å². The zero-order chi connectivity index (χ0) is 20.7. The second-order valence-electron chi connectivity index (χ2n) is 7.77. The van der Waals surface area contributed by atoms with Crippen LogP contribution < -0.4 is 10.2 Å². The molecule has 2 aliphatic heterocycles. The number of rotatable bonds is 2. The summed E-state index contributed by atoms with van der Waals surface area (Å²) in [6.45, 7) is 7.64. The number of hydrogen-bond donors (Lipinski definition) is 1. The Balaban J connectivity index is 1.69. The van der Waals surface area contributed by atoms with Crippen molar-refractivity contribution in [1.29, 1.82) is 5.26 Å². The Hall–Kier alpha value is -2.85. The fourth-order valence-electron chi connectivity index (χ4n) is 4.54. The Labute approximate surface area is 175 Å². The van der Waals surface area contributed by atoms with Gasteiger partial charge in [-0.25, -0.2) is 9.97 Å². The molecular weight excluding hydrogens is 388 g/mol. The third kappa shape index (κ3) is 3.49. The maximum absolute atomic E-state index is 12.0. The minimum absolute atomic E-state index is 0.0241. The molecule has 2 aliphatic rings. The molecule has 1 fully saturated rings. The number of piperazine rings is 1. The molecule has 0 saturated carbocycles. The minimum atomic E-state index is 0.0241. The molecule has 4 heterocycles. The molecule has 0 bridgehead atoms. The first-order chi connectivity index (χ1) is 13.9. The van der Waals surface area contributed by atoms with E-state index in [1.165, 1.54) is 0 Å². The van der Waals surface area contributed by atoms with Gasteiger partial charge in [0, 0.05) is 56.3 Å². The number of nitriles is 1. The molecular formula is C21H23ClN6O. The first-order valence-electron chi connectivity index (χ1n) is 9.73. The Bertz CT molecular complexity index is 991. The zero-order valence-corrected chi connectivity index (χ0v) is 17.4. The van der Waals surface area contributed by atoms with Crippen LogP contribution >= 0.6 is 11.6 Å². The van der Waals surface area contributed by atoms with Gasteiger partial charge in [0.2, 0.25) is 5.91 Å². The smallest absolute Gasteiger partial charge is 0.220 e. The largest absolute Gasteiger partial charge is 0.369 e. The molecule has 1 saturated heterocycles. The molecule has 0 aromatic carbocycles. The van der Waals surface area contributed by atoms with E-state index in [-0.39, 0.29) is 23.9 Å². The normalized spacial score (nSPS) is 23.3. The average Bonchev–Trinajstić information content (AvgIpc) is 3.09. The van der Waals surface area contributed by atoms with Crippen LogP contribution in [-0.4, -0.2) is 52.5 Å². The molecule has 2 aromatic rings. The summed E-state index contributed by atoms with van der Waals surface area (Å²) in [5.74, 6) is 1.60. The van der Waals surface area contributed by atoms with E-state index >= 15 is 0 Å². The van der Waals surface area contributed by atoms with Gasteiger partial charge >= 0.3 is 0 Å². The van der Waals surface area contributed by atoms with E-state index in [1.54, 1.807) is 13.1 Å². The summed E-state index contributed by atoms with van der Waals surface area (Å²) in [5, 5.41) is 13.5. The number of amides is 1. The summed E-state index contributed by atoms with van der Waals surface area (Å²) in [7, 11) is 0. The number of pyridine rings is 2. The molecule has 2 aromatic heterocycles. The van der Waals surface area contributed by atoms with Gasteiger partial charge in [-0.15, -0.1) is 0 Å². The summed E-state index contributed by atoms with van der Waals surface area (Å²) in [5.41, 5.74) is 2.44. The molecule has 1 amide bonds. The van der Waals surface area contributed by atoms with Crippen molar-refractivity contribution >= 4 is 29.1 Å². The summed E-state index contributed by atoms with van der Waals surface area (Å²) < 4.78 is 0. The first-order valence-corrected chi connectivity index (χ1v) is 10.1. The standard InChI is InChI=1S/C21H23ClN6O/c1-12-10-27(11-13(2)28(12)14(3)29)21-15(7-23)4-5-19(26-21)18-9-25-20-17(18)6-16(22)8-24-20/h4-6,8,12-13,18H,9-11H2,1-3H3,(H,24,25)/t12-,13+,18?. The lowest BCUT2D eigenvalue weighted by Gasteiger charge is -2.44. The fraction of sp³-hybridized carbons (Fsp3) is 0.429. The third-order valence-electron chi connectivity index (χ3n) is 5.69. The molecule has 0 radical (unpaired) electrons. The van der Waals surface area contributed by atoms with Gasteiger partial charge in [0.15, 0.2) is 0 Å².